The molecule has 0 fully saturated rings. The lowest BCUT2D eigenvalue weighted by Crippen LogP contribution is -2.48. The molecule has 0 bridgehead atoms. The summed E-state index contributed by atoms with van der Waals surface area (Å²) < 4.78 is 39.7. The lowest BCUT2D eigenvalue weighted by molar-refractivity contribution is 0.462. The molecular weight excluding hydrogens is 311 g/mol. The number of nitrogens with two attached hydrogens (primary N) is 1. The van der Waals surface area contributed by atoms with Crippen LogP contribution in [0.15, 0.2) is 27.6 Å². The summed E-state index contributed by atoms with van der Waals surface area (Å²) in [7, 11) is -3.76. The van der Waals surface area contributed by atoms with E-state index in [1.165, 1.54) is 12.1 Å². The molecule has 7 heteroatoms. The van der Waals surface area contributed by atoms with Crippen LogP contribution < -0.4 is 10.5 Å². The van der Waals surface area contributed by atoms with Gasteiger partial charge in [-0.1, -0.05) is 0 Å². The maximum absolute atomic E-state index is 13.3. The lowest BCUT2D eigenvalue weighted by Gasteiger charge is -2.23. The van der Waals surface area contributed by atoms with E-state index in [2.05, 4.69) is 20.7 Å². The van der Waals surface area contributed by atoms with E-state index in [1.54, 1.807) is 13.8 Å². The Balaban J connectivity index is 3.10. The molecule has 1 aromatic rings. The van der Waals surface area contributed by atoms with E-state index in [4.69, 9.17) is 5.73 Å². The van der Waals surface area contributed by atoms with Gasteiger partial charge < -0.3 is 5.73 Å². The molecule has 0 aliphatic heterocycles. The molecule has 0 heterocycles. The quantitative estimate of drug-likeness (QED) is 0.883. The minimum atomic E-state index is -3.76. The second-order valence-electron chi connectivity index (χ2n) is 4.27. The summed E-state index contributed by atoms with van der Waals surface area (Å²) in [5.41, 5.74) is 4.66. The van der Waals surface area contributed by atoms with Crippen molar-refractivity contribution in [2.75, 3.05) is 6.54 Å². The molecule has 0 amide bonds. The number of hydrogen-bond donors (Lipinski definition) is 2. The first-order valence-electron chi connectivity index (χ1n) is 4.87. The molecule has 0 radical (unpaired) electrons. The van der Waals surface area contributed by atoms with E-state index in [-0.39, 0.29) is 15.9 Å². The topological polar surface area (TPSA) is 72.2 Å². The standard InChI is InChI=1S/C10H14BrFN2O2S/c1-10(2,6-13)14-17(15,16)7-3-4-8(11)9(12)5-7/h3-5,14H,6,13H2,1-2H3. The molecule has 17 heavy (non-hydrogen) atoms. The van der Waals surface area contributed by atoms with Crippen LogP contribution in [0.1, 0.15) is 13.8 Å². The highest BCUT2D eigenvalue weighted by molar-refractivity contribution is 9.10. The van der Waals surface area contributed by atoms with Crippen molar-refractivity contribution >= 4 is 26.0 Å². The van der Waals surface area contributed by atoms with Gasteiger partial charge in [-0.25, -0.2) is 17.5 Å². The zero-order valence-corrected chi connectivity index (χ0v) is 11.9. The van der Waals surface area contributed by atoms with E-state index in [0.717, 1.165) is 6.07 Å². The van der Waals surface area contributed by atoms with Crippen LogP contribution in [0.2, 0.25) is 0 Å². The number of benzene rings is 1. The second kappa shape index (κ2) is 5.01. The molecule has 0 spiro atoms. The monoisotopic (exact) mass is 324 g/mol. The maximum atomic E-state index is 13.3. The van der Waals surface area contributed by atoms with Crippen molar-refractivity contribution in [2.45, 2.75) is 24.3 Å². The number of sulfonamides is 1. The van der Waals surface area contributed by atoms with Gasteiger partial charge in [-0.05, 0) is 48.0 Å². The molecule has 1 rings (SSSR count). The first-order chi connectivity index (χ1) is 7.68. The van der Waals surface area contributed by atoms with Gasteiger partial charge in [0.1, 0.15) is 5.82 Å². The van der Waals surface area contributed by atoms with Crippen LogP contribution in [0.3, 0.4) is 0 Å². The highest BCUT2D eigenvalue weighted by Gasteiger charge is 2.25. The van der Waals surface area contributed by atoms with Crippen molar-refractivity contribution < 1.29 is 12.8 Å². The minimum Gasteiger partial charge on any atom is -0.329 e. The smallest absolute Gasteiger partial charge is 0.241 e. The summed E-state index contributed by atoms with van der Waals surface area (Å²) in [4.78, 5) is -0.125. The van der Waals surface area contributed by atoms with Crippen molar-refractivity contribution in [3.8, 4) is 0 Å². The summed E-state index contributed by atoms with van der Waals surface area (Å²) in [6, 6.07) is 3.63. The normalized spacial score (nSPS) is 12.8. The minimum absolute atomic E-state index is 0.125. The highest BCUT2D eigenvalue weighted by Crippen LogP contribution is 2.20. The molecule has 0 aliphatic carbocycles. The molecule has 4 nitrogen and oxygen atoms in total. The van der Waals surface area contributed by atoms with Crippen LogP contribution in [-0.4, -0.2) is 20.5 Å². The van der Waals surface area contributed by atoms with Gasteiger partial charge in [0.05, 0.1) is 9.37 Å². The summed E-state index contributed by atoms with van der Waals surface area (Å²) in [5.74, 6) is -0.626. The summed E-state index contributed by atoms with van der Waals surface area (Å²) in [5, 5.41) is 0. The fourth-order valence-electron chi connectivity index (χ4n) is 1.11. The van der Waals surface area contributed by atoms with Crippen molar-refractivity contribution in [3.05, 3.63) is 28.5 Å². The largest absolute Gasteiger partial charge is 0.329 e. The second-order valence-corrected chi connectivity index (χ2v) is 6.81. The van der Waals surface area contributed by atoms with Crippen LogP contribution >= 0.6 is 15.9 Å². The molecule has 0 aromatic heterocycles. The molecule has 0 atom stereocenters. The fraction of sp³-hybridized carbons (Fsp3) is 0.400. The average Bonchev–Trinajstić information content (AvgIpc) is 2.20. The van der Waals surface area contributed by atoms with E-state index >= 15 is 0 Å². The van der Waals surface area contributed by atoms with Crippen LogP contribution in [-0.2, 0) is 10.0 Å². The molecule has 96 valence electrons. The Morgan fingerprint density at radius 3 is 2.53 bits per heavy atom. The van der Waals surface area contributed by atoms with Crippen LogP contribution in [0.5, 0.6) is 0 Å². The van der Waals surface area contributed by atoms with Crippen LogP contribution in [0.25, 0.3) is 0 Å². The Bertz CT molecular complexity index is 517. The molecule has 0 aliphatic rings. The predicted octanol–water partition coefficient (Wildman–Crippen LogP) is 1.60. The number of halogens is 2. The van der Waals surface area contributed by atoms with Crippen molar-refractivity contribution in [1.29, 1.82) is 0 Å². The molecule has 0 saturated carbocycles. The molecule has 3 N–H and O–H groups in total. The number of rotatable bonds is 4. The molecule has 0 unspecified atom stereocenters. The van der Waals surface area contributed by atoms with Gasteiger partial charge in [0.2, 0.25) is 10.0 Å². The number of hydrogen-bond acceptors (Lipinski definition) is 3. The highest BCUT2D eigenvalue weighted by atomic mass is 79.9. The predicted molar refractivity (Wildman–Crippen MR) is 67.6 cm³/mol. The Hall–Kier alpha value is -0.500. The zero-order valence-electron chi connectivity index (χ0n) is 9.50. The maximum Gasteiger partial charge on any atom is 0.241 e. The molecule has 1 aromatic carbocycles. The number of nitrogens with one attached hydrogen (secondary N) is 1. The molecule has 0 saturated heterocycles. The van der Waals surface area contributed by atoms with Gasteiger partial charge in [-0.15, -0.1) is 0 Å². The van der Waals surface area contributed by atoms with Gasteiger partial charge in [0.25, 0.3) is 0 Å². The summed E-state index contributed by atoms with van der Waals surface area (Å²) in [6.07, 6.45) is 0. The van der Waals surface area contributed by atoms with Crippen LogP contribution in [0, 0.1) is 5.82 Å². The van der Waals surface area contributed by atoms with Crippen molar-refractivity contribution in [1.82, 2.24) is 4.72 Å². The summed E-state index contributed by atoms with van der Waals surface area (Å²) in [6.45, 7) is 3.45. The van der Waals surface area contributed by atoms with E-state index in [9.17, 15) is 12.8 Å². The molecular formula is C10H14BrFN2O2S. The third kappa shape index (κ3) is 3.74. The Kier molecular flexibility index (Phi) is 4.29. The average molecular weight is 325 g/mol. The van der Waals surface area contributed by atoms with Gasteiger partial charge in [0.15, 0.2) is 0 Å². The van der Waals surface area contributed by atoms with E-state index in [1.807, 2.05) is 0 Å². The van der Waals surface area contributed by atoms with Gasteiger partial charge in [-0.3, -0.25) is 0 Å². The van der Waals surface area contributed by atoms with Gasteiger partial charge in [0, 0.05) is 12.1 Å². The van der Waals surface area contributed by atoms with E-state index in [0.29, 0.717) is 0 Å². The van der Waals surface area contributed by atoms with Crippen molar-refractivity contribution in [3.63, 3.8) is 0 Å². The zero-order chi connectivity index (χ0) is 13.3. The first-order valence-corrected chi connectivity index (χ1v) is 7.15. The Labute approximate surface area is 109 Å². The SMILES string of the molecule is CC(C)(CN)NS(=O)(=O)c1ccc(Br)c(F)c1. The third-order valence-electron chi connectivity index (χ3n) is 2.12. The lowest BCUT2D eigenvalue weighted by atomic mass is 10.1. The van der Waals surface area contributed by atoms with Crippen molar-refractivity contribution in [2.24, 2.45) is 5.73 Å². The third-order valence-corrected chi connectivity index (χ3v) is 4.46. The van der Waals surface area contributed by atoms with Gasteiger partial charge in [-0.2, -0.15) is 0 Å². The Morgan fingerprint density at radius 2 is 2.06 bits per heavy atom. The first kappa shape index (κ1) is 14.6. The van der Waals surface area contributed by atoms with Gasteiger partial charge >= 0.3 is 0 Å². The fourth-order valence-corrected chi connectivity index (χ4v) is 2.79. The summed E-state index contributed by atoms with van der Waals surface area (Å²) >= 11 is 2.96. The van der Waals surface area contributed by atoms with Crippen LogP contribution in [0.4, 0.5) is 4.39 Å². The van der Waals surface area contributed by atoms with E-state index < -0.39 is 21.4 Å². The Morgan fingerprint density at radius 1 is 1.47 bits per heavy atom.